The van der Waals surface area contributed by atoms with E-state index in [0.717, 1.165) is 5.82 Å². The van der Waals surface area contributed by atoms with E-state index >= 15 is 0 Å². The summed E-state index contributed by atoms with van der Waals surface area (Å²) in [5, 5.41) is 9.08. The van der Waals surface area contributed by atoms with Crippen molar-refractivity contribution in [2.24, 2.45) is 0 Å². The highest BCUT2D eigenvalue weighted by atomic mass is 16.5. The van der Waals surface area contributed by atoms with Crippen LogP contribution in [0.4, 0.5) is 0 Å². The first-order chi connectivity index (χ1) is 7.75. The van der Waals surface area contributed by atoms with Crippen LogP contribution in [0.2, 0.25) is 0 Å². The molecule has 1 unspecified atom stereocenters. The molecule has 2 rings (SSSR count). The second-order valence-electron chi connectivity index (χ2n) is 4.42. The van der Waals surface area contributed by atoms with E-state index in [4.69, 9.17) is 9.84 Å². The van der Waals surface area contributed by atoms with Gasteiger partial charge < -0.3 is 9.84 Å². The fraction of sp³-hybridized carbons (Fsp3) is 0.667. The van der Waals surface area contributed by atoms with Crippen molar-refractivity contribution in [2.75, 3.05) is 6.61 Å². The molecule has 4 nitrogen and oxygen atoms in total. The Kier molecular flexibility index (Phi) is 3.72. The lowest BCUT2D eigenvalue weighted by molar-refractivity contribution is 0.122. The summed E-state index contributed by atoms with van der Waals surface area (Å²) in [6.45, 7) is 1.97. The van der Waals surface area contributed by atoms with Gasteiger partial charge in [0.15, 0.2) is 5.75 Å². The molecule has 1 aliphatic rings. The molecule has 16 heavy (non-hydrogen) atoms. The van der Waals surface area contributed by atoms with Crippen LogP contribution in [0.3, 0.4) is 0 Å². The van der Waals surface area contributed by atoms with Gasteiger partial charge in [-0.2, -0.15) is 0 Å². The minimum atomic E-state index is -0.463. The number of hydrogen-bond donors (Lipinski definition) is 1. The predicted octanol–water partition coefficient (Wildman–Crippen LogP) is 1.89. The van der Waals surface area contributed by atoms with Crippen LogP contribution in [0.25, 0.3) is 0 Å². The lowest BCUT2D eigenvalue weighted by atomic mass is 10.1. The third-order valence-corrected chi connectivity index (χ3v) is 2.86. The van der Waals surface area contributed by atoms with Gasteiger partial charge in [-0.25, -0.2) is 9.97 Å². The highest BCUT2D eigenvalue weighted by Gasteiger charge is 2.19. The molecule has 0 spiro atoms. The summed E-state index contributed by atoms with van der Waals surface area (Å²) < 4.78 is 5.31. The molecule has 0 radical (unpaired) electrons. The topological polar surface area (TPSA) is 55.2 Å². The van der Waals surface area contributed by atoms with Crippen LogP contribution in [0, 0.1) is 0 Å². The SMILES string of the molecule is CC(O)COc1cnc(C2CCCC2)nc1. The third-order valence-electron chi connectivity index (χ3n) is 2.86. The maximum absolute atomic E-state index is 9.08. The van der Waals surface area contributed by atoms with Gasteiger partial charge in [0.2, 0.25) is 0 Å². The van der Waals surface area contributed by atoms with Crippen molar-refractivity contribution < 1.29 is 9.84 Å². The van der Waals surface area contributed by atoms with Crippen molar-refractivity contribution in [3.05, 3.63) is 18.2 Å². The lowest BCUT2D eigenvalue weighted by Gasteiger charge is -2.09. The summed E-state index contributed by atoms with van der Waals surface area (Å²) in [6.07, 6.45) is 7.91. The summed E-state index contributed by atoms with van der Waals surface area (Å²) in [7, 11) is 0. The van der Waals surface area contributed by atoms with E-state index in [1.807, 2.05) is 0 Å². The molecule has 1 fully saturated rings. The molecule has 0 aliphatic heterocycles. The Labute approximate surface area is 95.7 Å². The van der Waals surface area contributed by atoms with Gasteiger partial charge in [0.05, 0.1) is 18.5 Å². The van der Waals surface area contributed by atoms with E-state index in [1.165, 1.54) is 25.7 Å². The molecular weight excluding hydrogens is 204 g/mol. The maximum atomic E-state index is 9.08. The zero-order valence-electron chi connectivity index (χ0n) is 9.59. The Hall–Kier alpha value is -1.16. The molecule has 0 bridgehead atoms. The van der Waals surface area contributed by atoms with Crippen molar-refractivity contribution in [3.63, 3.8) is 0 Å². The highest BCUT2D eigenvalue weighted by molar-refractivity contribution is 5.14. The molecule has 1 heterocycles. The van der Waals surface area contributed by atoms with Gasteiger partial charge in [-0.1, -0.05) is 12.8 Å². The third kappa shape index (κ3) is 2.92. The maximum Gasteiger partial charge on any atom is 0.156 e. The van der Waals surface area contributed by atoms with Crippen molar-refractivity contribution in [1.82, 2.24) is 9.97 Å². The van der Waals surface area contributed by atoms with Gasteiger partial charge in [-0.3, -0.25) is 0 Å². The first kappa shape index (κ1) is 11.3. The molecular formula is C12H18N2O2. The highest BCUT2D eigenvalue weighted by Crippen LogP contribution is 2.31. The van der Waals surface area contributed by atoms with Crippen molar-refractivity contribution >= 4 is 0 Å². The number of rotatable bonds is 4. The quantitative estimate of drug-likeness (QED) is 0.845. The van der Waals surface area contributed by atoms with Crippen molar-refractivity contribution in [1.29, 1.82) is 0 Å². The van der Waals surface area contributed by atoms with E-state index in [1.54, 1.807) is 19.3 Å². The summed E-state index contributed by atoms with van der Waals surface area (Å²) in [5.74, 6) is 2.09. The van der Waals surface area contributed by atoms with Crippen LogP contribution in [0.15, 0.2) is 12.4 Å². The fourth-order valence-corrected chi connectivity index (χ4v) is 2.01. The van der Waals surface area contributed by atoms with Crippen LogP contribution in [0.1, 0.15) is 44.3 Å². The van der Waals surface area contributed by atoms with Gasteiger partial charge in [0, 0.05) is 5.92 Å². The second-order valence-corrected chi connectivity index (χ2v) is 4.42. The van der Waals surface area contributed by atoms with Crippen LogP contribution in [0.5, 0.6) is 5.75 Å². The summed E-state index contributed by atoms with van der Waals surface area (Å²) >= 11 is 0. The molecule has 1 aliphatic carbocycles. The number of aromatic nitrogens is 2. The monoisotopic (exact) mass is 222 g/mol. The molecule has 1 aromatic heterocycles. The largest absolute Gasteiger partial charge is 0.488 e. The Morgan fingerprint density at radius 2 is 2.00 bits per heavy atom. The van der Waals surface area contributed by atoms with Crippen LogP contribution >= 0.6 is 0 Å². The molecule has 88 valence electrons. The van der Waals surface area contributed by atoms with E-state index in [2.05, 4.69) is 9.97 Å². The molecule has 0 aromatic carbocycles. The summed E-state index contributed by atoms with van der Waals surface area (Å²) in [6, 6.07) is 0. The average molecular weight is 222 g/mol. The molecule has 0 amide bonds. The molecule has 1 atom stereocenters. The average Bonchev–Trinajstić information content (AvgIpc) is 2.80. The van der Waals surface area contributed by atoms with E-state index < -0.39 is 6.10 Å². The first-order valence-electron chi connectivity index (χ1n) is 5.88. The van der Waals surface area contributed by atoms with Gasteiger partial charge in [0.25, 0.3) is 0 Å². The Bertz CT molecular complexity index is 318. The van der Waals surface area contributed by atoms with E-state index in [-0.39, 0.29) is 6.61 Å². The Morgan fingerprint density at radius 3 is 2.56 bits per heavy atom. The zero-order chi connectivity index (χ0) is 11.4. The molecule has 1 saturated carbocycles. The van der Waals surface area contributed by atoms with Gasteiger partial charge in [0.1, 0.15) is 12.4 Å². The fourth-order valence-electron chi connectivity index (χ4n) is 2.01. The van der Waals surface area contributed by atoms with Crippen molar-refractivity contribution in [3.8, 4) is 5.75 Å². The number of aliphatic hydroxyl groups is 1. The standard InChI is InChI=1S/C12H18N2O2/c1-9(15)8-16-11-6-13-12(14-7-11)10-4-2-3-5-10/h6-7,9-10,15H,2-5,8H2,1H3. The van der Waals surface area contributed by atoms with Crippen LogP contribution < -0.4 is 4.74 Å². The van der Waals surface area contributed by atoms with Crippen molar-refractivity contribution in [2.45, 2.75) is 44.6 Å². The van der Waals surface area contributed by atoms with Crippen LogP contribution in [-0.4, -0.2) is 27.8 Å². The van der Waals surface area contributed by atoms with E-state index in [0.29, 0.717) is 11.7 Å². The second kappa shape index (κ2) is 5.25. The zero-order valence-corrected chi connectivity index (χ0v) is 9.59. The number of ether oxygens (including phenoxy) is 1. The smallest absolute Gasteiger partial charge is 0.156 e. The van der Waals surface area contributed by atoms with Gasteiger partial charge in [-0.05, 0) is 19.8 Å². The van der Waals surface area contributed by atoms with Gasteiger partial charge >= 0.3 is 0 Å². The minimum Gasteiger partial charge on any atom is -0.488 e. The predicted molar refractivity (Wildman–Crippen MR) is 60.4 cm³/mol. The normalized spacial score (nSPS) is 18.6. The minimum absolute atomic E-state index is 0.284. The first-order valence-corrected chi connectivity index (χ1v) is 5.88. The summed E-state index contributed by atoms with van der Waals surface area (Å²) in [4.78, 5) is 8.64. The number of aliphatic hydroxyl groups excluding tert-OH is 1. The molecule has 4 heteroatoms. The molecule has 0 saturated heterocycles. The Balaban J connectivity index is 1.93. The molecule has 1 aromatic rings. The molecule has 1 N–H and O–H groups in total. The van der Waals surface area contributed by atoms with Gasteiger partial charge in [-0.15, -0.1) is 0 Å². The Morgan fingerprint density at radius 1 is 1.38 bits per heavy atom. The van der Waals surface area contributed by atoms with Crippen LogP contribution in [-0.2, 0) is 0 Å². The number of hydrogen-bond acceptors (Lipinski definition) is 4. The number of nitrogens with zero attached hydrogens (tertiary/aromatic N) is 2. The van der Waals surface area contributed by atoms with E-state index in [9.17, 15) is 0 Å². The summed E-state index contributed by atoms with van der Waals surface area (Å²) in [5.41, 5.74) is 0. The lowest BCUT2D eigenvalue weighted by Crippen LogP contribution is -2.13.